The van der Waals surface area contributed by atoms with Crippen LogP contribution >= 0.6 is 11.3 Å². The molecule has 1 aliphatic heterocycles. The summed E-state index contributed by atoms with van der Waals surface area (Å²) in [5.41, 5.74) is 5.00. The van der Waals surface area contributed by atoms with Crippen molar-refractivity contribution in [1.82, 2.24) is 0 Å². The maximum Gasteiger partial charge on any atom is 0.274 e. The number of anilines is 1. The van der Waals surface area contributed by atoms with E-state index in [1.54, 1.807) is 0 Å². The van der Waals surface area contributed by atoms with Gasteiger partial charge in [-0.3, -0.25) is 9.59 Å². The summed E-state index contributed by atoms with van der Waals surface area (Å²) in [6, 6.07) is 0. The number of ether oxygens (including phenoxy) is 1. The van der Waals surface area contributed by atoms with Crippen LogP contribution in [0.4, 0.5) is 13.8 Å². The number of hydrogen-bond donors (Lipinski definition) is 2. The highest BCUT2D eigenvalue weighted by atomic mass is 32.1. The van der Waals surface area contributed by atoms with E-state index >= 15 is 0 Å². The molecule has 1 aromatic rings. The Hall–Kier alpha value is -2.32. The fraction of sp³-hybridized carbons (Fsp3) is 0.400. The number of nitrogens with one attached hydrogen (secondary N) is 1. The van der Waals surface area contributed by atoms with Crippen LogP contribution in [-0.2, 0) is 21.6 Å². The van der Waals surface area contributed by atoms with E-state index in [1.807, 2.05) is 27.7 Å². The summed E-state index contributed by atoms with van der Waals surface area (Å²) in [5, 5.41) is 2.90. The molecule has 0 radical (unpaired) electrons. The highest BCUT2D eigenvalue weighted by Gasteiger charge is 2.43. The van der Waals surface area contributed by atoms with Gasteiger partial charge in [-0.15, -0.1) is 11.3 Å². The topological polar surface area (TPSA) is 81.4 Å². The van der Waals surface area contributed by atoms with E-state index in [0.717, 1.165) is 10.4 Å². The van der Waals surface area contributed by atoms with Gasteiger partial charge in [-0.05, 0) is 33.3 Å². The highest BCUT2D eigenvalue weighted by molar-refractivity contribution is 7.17. The summed E-state index contributed by atoms with van der Waals surface area (Å²) in [6.07, 6.45) is 4.10. The Balaban J connectivity index is 2.02. The zero-order valence-corrected chi connectivity index (χ0v) is 16.9. The van der Waals surface area contributed by atoms with Crippen molar-refractivity contribution in [3.05, 3.63) is 52.0 Å². The van der Waals surface area contributed by atoms with Crippen LogP contribution in [-0.4, -0.2) is 17.4 Å². The van der Waals surface area contributed by atoms with Crippen molar-refractivity contribution < 1.29 is 23.1 Å². The molecule has 0 saturated heterocycles. The van der Waals surface area contributed by atoms with Gasteiger partial charge < -0.3 is 15.8 Å². The summed E-state index contributed by atoms with van der Waals surface area (Å²) in [6.45, 7) is 7.60. The predicted molar refractivity (Wildman–Crippen MR) is 104 cm³/mol. The summed E-state index contributed by atoms with van der Waals surface area (Å²) < 4.78 is 32.5. The van der Waals surface area contributed by atoms with Crippen LogP contribution in [0.1, 0.15) is 48.5 Å². The van der Waals surface area contributed by atoms with Crippen LogP contribution in [0.3, 0.4) is 0 Å². The zero-order valence-electron chi connectivity index (χ0n) is 16.1. The quantitative estimate of drug-likeness (QED) is 0.784. The first kappa shape index (κ1) is 20.4. The molecule has 1 aliphatic carbocycles. The molecule has 28 heavy (non-hydrogen) atoms. The number of thiophene rings is 1. The van der Waals surface area contributed by atoms with Crippen molar-refractivity contribution in [3.8, 4) is 0 Å². The van der Waals surface area contributed by atoms with Crippen LogP contribution < -0.4 is 11.1 Å². The minimum absolute atomic E-state index is 0.222. The normalized spacial score (nSPS) is 21.9. The first-order chi connectivity index (χ1) is 12.9. The summed E-state index contributed by atoms with van der Waals surface area (Å²) in [5.74, 6) is -2.47. The molecular weight excluding hydrogens is 386 g/mol. The van der Waals surface area contributed by atoms with Gasteiger partial charge in [-0.25, -0.2) is 0 Å². The van der Waals surface area contributed by atoms with E-state index in [2.05, 4.69) is 5.32 Å². The van der Waals surface area contributed by atoms with Gasteiger partial charge in [0.05, 0.1) is 22.7 Å². The minimum atomic E-state index is -1.92. The van der Waals surface area contributed by atoms with Crippen molar-refractivity contribution in [2.75, 3.05) is 5.32 Å². The zero-order chi connectivity index (χ0) is 20.9. The van der Waals surface area contributed by atoms with Gasteiger partial charge >= 0.3 is 0 Å². The molecule has 0 bridgehead atoms. The number of primary amides is 1. The molecule has 0 spiro atoms. The SMILES string of the molecule is CC1(C)Cc2c(sc(NC(=O)C3C=CC=CC3=C(F)F)c2C(N)=O)C(C)(C)O1. The molecule has 5 nitrogen and oxygen atoms in total. The van der Waals surface area contributed by atoms with Crippen molar-refractivity contribution in [2.45, 2.75) is 45.3 Å². The number of fused-ring (bicyclic) bond motifs is 1. The fourth-order valence-electron chi connectivity index (χ4n) is 3.81. The average molecular weight is 408 g/mol. The maximum absolute atomic E-state index is 13.2. The molecular formula is C20H22F2N2O3S. The molecule has 0 saturated carbocycles. The number of halogens is 2. The van der Waals surface area contributed by atoms with Crippen molar-refractivity contribution in [1.29, 1.82) is 0 Å². The lowest BCUT2D eigenvalue weighted by molar-refractivity contribution is -0.135. The van der Waals surface area contributed by atoms with Crippen LogP contribution in [0, 0.1) is 5.92 Å². The van der Waals surface area contributed by atoms with Crippen LogP contribution in [0.25, 0.3) is 0 Å². The number of nitrogens with two attached hydrogens (primary N) is 1. The highest BCUT2D eigenvalue weighted by Crippen LogP contribution is 2.48. The Morgan fingerprint density at radius 1 is 1.25 bits per heavy atom. The van der Waals surface area contributed by atoms with E-state index < -0.39 is 35.0 Å². The molecule has 1 unspecified atom stereocenters. The first-order valence-electron chi connectivity index (χ1n) is 8.80. The number of allylic oxidation sites excluding steroid dienone is 3. The summed E-state index contributed by atoms with van der Waals surface area (Å²) >= 11 is 1.20. The number of amides is 2. The van der Waals surface area contributed by atoms with Crippen molar-refractivity contribution in [2.24, 2.45) is 11.7 Å². The second-order valence-electron chi connectivity index (χ2n) is 7.95. The first-order valence-corrected chi connectivity index (χ1v) is 9.61. The number of rotatable bonds is 3. The van der Waals surface area contributed by atoms with E-state index in [-0.39, 0.29) is 16.1 Å². The third-order valence-corrected chi connectivity index (χ3v) is 6.15. The largest absolute Gasteiger partial charge is 0.365 e. The Morgan fingerprint density at radius 3 is 2.54 bits per heavy atom. The Kier molecular flexibility index (Phi) is 5.05. The Bertz CT molecular complexity index is 937. The number of carbonyl (C=O) groups is 2. The smallest absolute Gasteiger partial charge is 0.274 e. The molecule has 1 aromatic heterocycles. The summed E-state index contributed by atoms with van der Waals surface area (Å²) in [7, 11) is 0. The van der Waals surface area contributed by atoms with Gasteiger partial charge in [0.2, 0.25) is 5.91 Å². The van der Waals surface area contributed by atoms with Crippen LogP contribution in [0.5, 0.6) is 0 Å². The molecule has 150 valence electrons. The number of carbonyl (C=O) groups excluding carboxylic acids is 2. The van der Waals surface area contributed by atoms with Gasteiger partial charge in [-0.1, -0.05) is 24.3 Å². The van der Waals surface area contributed by atoms with Gasteiger partial charge in [0.15, 0.2) is 0 Å². The molecule has 3 rings (SSSR count). The molecule has 2 aliphatic rings. The molecule has 1 atom stereocenters. The monoisotopic (exact) mass is 408 g/mol. The lowest BCUT2D eigenvalue weighted by atomic mass is 9.86. The van der Waals surface area contributed by atoms with Crippen molar-refractivity contribution >= 4 is 28.2 Å². The molecule has 3 N–H and O–H groups in total. The van der Waals surface area contributed by atoms with E-state index in [1.165, 1.54) is 35.6 Å². The second kappa shape index (κ2) is 6.93. The molecule has 0 aromatic carbocycles. The third kappa shape index (κ3) is 3.66. The van der Waals surface area contributed by atoms with Crippen LogP contribution in [0.15, 0.2) is 36.0 Å². The summed E-state index contributed by atoms with van der Waals surface area (Å²) in [4.78, 5) is 25.7. The standard InChI is InChI=1S/C20H22F2N2O3S/c1-19(2)9-12-13(16(23)25)18(28-14(12)20(3,4)27-19)24-17(26)11-8-6-5-7-10(11)15(21)22/h5-8,11H,9H2,1-4H3,(H2,23,25)(H,24,26). The Morgan fingerprint density at radius 2 is 1.93 bits per heavy atom. The minimum Gasteiger partial charge on any atom is -0.365 e. The van der Waals surface area contributed by atoms with E-state index in [9.17, 15) is 18.4 Å². The predicted octanol–water partition coefficient (Wildman–Crippen LogP) is 4.26. The fourth-order valence-corrected chi connectivity index (χ4v) is 5.07. The maximum atomic E-state index is 13.2. The molecule has 0 fully saturated rings. The molecule has 2 heterocycles. The van der Waals surface area contributed by atoms with Gasteiger partial charge in [0.1, 0.15) is 5.00 Å². The molecule has 2 amide bonds. The van der Waals surface area contributed by atoms with Crippen molar-refractivity contribution in [3.63, 3.8) is 0 Å². The Labute approximate surface area is 165 Å². The van der Waals surface area contributed by atoms with Gasteiger partial charge in [-0.2, -0.15) is 8.78 Å². The average Bonchev–Trinajstić information content (AvgIpc) is 2.91. The van der Waals surface area contributed by atoms with E-state index in [4.69, 9.17) is 10.5 Å². The lowest BCUT2D eigenvalue weighted by Crippen LogP contribution is -2.42. The van der Waals surface area contributed by atoms with Gasteiger partial charge in [0.25, 0.3) is 12.0 Å². The molecule has 8 heteroatoms. The van der Waals surface area contributed by atoms with E-state index in [0.29, 0.717) is 6.42 Å². The van der Waals surface area contributed by atoms with Crippen LogP contribution in [0.2, 0.25) is 0 Å². The second-order valence-corrected chi connectivity index (χ2v) is 8.97. The number of hydrogen-bond acceptors (Lipinski definition) is 4. The third-order valence-electron chi connectivity index (χ3n) is 4.70. The van der Waals surface area contributed by atoms with Gasteiger partial charge in [0, 0.05) is 16.9 Å². The lowest BCUT2D eigenvalue weighted by Gasteiger charge is -2.41.